The molecule has 2 aromatic rings. The number of carbonyl (C=O) groups is 2. The van der Waals surface area contributed by atoms with Gasteiger partial charge in [-0.15, -0.1) is 10.2 Å². The van der Waals surface area contributed by atoms with Crippen LogP contribution in [0.5, 0.6) is 5.75 Å². The summed E-state index contributed by atoms with van der Waals surface area (Å²) in [5.41, 5.74) is 0.784. The summed E-state index contributed by atoms with van der Waals surface area (Å²) < 4.78 is 15.5. The summed E-state index contributed by atoms with van der Waals surface area (Å²) in [6.45, 7) is 1.11. The van der Waals surface area contributed by atoms with E-state index < -0.39 is 0 Å². The van der Waals surface area contributed by atoms with Gasteiger partial charge in [-0.05, 0) is 37.1 Å². The Kier molecular flexibility index (Phi) is 6.33. The van der Waals surface area contributed by atoms with E-state index in [1.807, 2.05) is 24.3 Å². The van der Waals surface area contributed by atoms with E-state index in [1.54, 1.807) is 12.0 Å². The number of piperidine rings is 1. The molecule has 27 heavy (non-hydrogen) atoms. The lowest BCUT2D eigenvalue weighted by Gasteiger charge is -2.30. The van der Waals surface area contributed by atoms with Crippen molar-refractivity contribution >= 4 is 23.6 Å². The molecule has 0 spiro atoms. The number of methoxy groups -OCH3 is 2. The van der Waals surface area contributed by atoms with Gasteiger partial charge in [-0.2, -0.15) is 0 Å². The first kappa shape index (κ1) is 19.2. The number of hydrogen-bond acceptors (Lipinski definition) is 8. The Labute approximate surface area is 161 Å². The third kappa shape index (κ3) is 4.79. The van der Waals surface area contributed by atoms with Gasteiger partial charge in [-0.1, -0.05) is 11.8 Å². The molecule has 1 aromatic carbocycles. The number of benzene rings is 1. The van der Waals surface area contributed by atoms with Crippen LogP contribution in [0.15, 0.2) is 33.9 Å². The fourth-order valence-corrected chi connectivity index (χ4v) is 3.53. The van der Waals surface area contributed by atoms with Gasteiger partial charge in [0.1, 0.15) is 5.75 Å². The Morgan fingerprint density at radius 3 is 2.52 bits per heavy atom. The zero-order chi connectivity index (χ0) is 19.2. The second-order valence-electron chi connectivity index (χ2n) is 6.07. The molecule has 0 saturated carbocycles. The van der Waals surface area contributed by atoms with Crippen LogP contribution in [0, 0.1) is 5.92 Å². The summed E-state index contributed by atoms with van der Waals surface area (Å²) in [4.78, 5) is 25.7. The zero-order valence-electron chi connectivity index (χ0n) is 15.2. The highest BCUT2D eigenvalue weighted by Crippen LogP contribution is 2.25. The van der Waals surface area contributed by atoms with Gasteiger partial charge in [-0.3, -0.25) is 9.59 Å². The van der Waals surface area contributed by atoms with Crippen molar-refractivity contribution in [1.82, 2.24) is 15.1 Å². The maximum Gasteiger partial charge on any atom is 0.308 e. The molecule has 0 unspecified atom stereocenters. The number of hydrogen-bond donors (Lipinski definition) is 0. The lowest BCUT2D eigenvalue weighted by molar-refractivity contribution is -0.148. The van der Waals surface area contributed by atoms with Crippen molar-refractivity contribution in [2.75, 3.05) is 33.1 Å². The van der Waals surface area contributed by atoms with Crippen molar-refractivity contribution in [2.24, 2.45) is 5.92 Å². The Hall–Kier alpha value is -2.55. The number of aromatic nitrogens is 2. The maximum absolute atomic E-state index is 12.3. The van der Waals surface area contributed by atoms with E-state index in [0.717, 1.165) is 11.3 Å². The normalized spacial score (nSPS) is 14.8. The van der Waals surface area contributed by atoms with Gasteiger partial charge in [-0.25, -0.2) is 0 Å². The van der Waals surface area contributed by atoms with Gasteiger partial charge in [0, 0.05) is 18.7 Å². The smallest absolute Gasteiger partial charge is 0.308 e. The van der Waals surface area contributed by atoms with Crippen LogP contribution in [0.4, 0.5) is 0 Å². The Bertz CT molecular complexity index is 785. The zero-order valence-corrected chi connectivity index (χ0v) is 16.0. The molecule has 1 amide bonds. The highest BCUT2D eigenvalue weighted by Gasteiger charge is 2.28. The molecule has 0 bridgehead atoms. The number of carbonyl (C=O) groups excluding carboxylic acids is 2. The van der Waals surface area contributed by atoms with Crippen LogP contribution < -0.4 is 4.74 Å². The summed E-state index contributed by atoms with van der Waals surface area (Å²) in [6.07, 6.45) is 1.26. The number of ether oxygens (including phenoxy) is 2. The molecule has 2 heterocycles. The predicted octanol–water partition coefficient (Wildman–Crippen LogP) is 2.25. The van der Waals surface area contributed by atoms with Crippen molar-refractivity contribution in [2.45, 2.75) is 18.1 Å². The molecule has 8 nitrogen and oxygen atoms in total. The molecule has 1 aliphatic heterocycles. The van der Waals surface area contributed by atoms with Crippen LogP contribution >= 0.6 is 11.8 Å². The molecule has 9 heteroatoms. The van der Waals surface area contributed by atoms with E-state index in [4.69, 9.17) is 13.9 Å². The summed E-state index contributed by atoms with van der Waals surface area (Å²) in [5.74, 6) is 1.03. The first-order valence-corrected chi connectivity index (χ1v) is 9.55. The van der Waals surface area contributed by atoms with Crippen LogP contribution in [-0.4, -0.2) is 60.0 Å². The van der Waals surface area contributed by atoms with E-state index in [-0.39, 0.29) is 23.5 Å². The molecule has 144 valence electrons. The monoisotopic (exact) mass is 391 g/mol. The van der Waals surface area contributed by atoms with Crippen LogP contribution in [0.3, 0.4) is 0 Å². The predicted molar refractivity (Wildman–Crippen MR) is 98.3 cm³/mol. The van der Waals surface area contributed by atoms with Crippen molar-refractivity contribution in [3.8, 4) is 17.2 Å². The quantitative estimate of drug-likeness (QED) is 0.547. The number of rotatable bonds is 6. The van der Waals surface area contributed by atoms with Crippen LogP contribution in [0.1, 0.15) is 12.8 Å². The second kappa shape index (κ2) is 8.90. The first-order valence-electron chi connectivity index (χ1n) is 8.57. The fourth-order valence-electron chi connectivity index (χ4n) is 2.86. The van der Waals surface area contributed by atoms with Crippen molar-refractivity contribution in [3.05, 3.63) is 24.3 Å². The number of likely N-dealkylation sites (tertiary alicyclic amines) is 1. The minimum absolute atomic E-state index is 0.00693. The molecular formula is C18H21N3O5S. The van der Waals surface area contributed by atoms with Gasteiger partial charge in [0.25, 0.3) is 5.22 Å². The number of amides is 1. The maximum atomic E-state index is 12.3. The lowest BCUT2D eigenvalue weighted by Crippen LogP contribution is -2.41. The highest BCUT2D eigenvalue weighted by atomic mass is 32.2. The number of esters is 1. The average molecular weight is 391 g/mol. The largest absolute Gasteiger partial charge is 0.497 e. The van der Waals surface area contributed by atoms with E-state index in [1.165, 1.54) is 18.9 Å². The highest BCUT2D eigenvalue weighted by molar-refractivity contribution is 7.99. The van der Waals surface area contributed by atoms with Crippen LogP contribution in [0.25, 0.3) is 11.5 Å². The molecule has 1 aliphatic rings. The molecule has 0 radical (unpaired) electrons. The van der Waals surface area contributed by atoms with Crippen LogP contribution in [-0.2, 0) is 14.3 Å². The molecular weight excluding hydrogens is 370 g/mol. The molecule has 0 atom stereocenters. The summed E-state index contributed by atoms with van der Waals surface area (Å²) in [5, 5.41) is 8.34. The van der Waals surface area contributed by atoms with Crippen molar-refractivity contribution in [3.63, 3.8) is 0 Å². The van der Waals surface area contributed by atoms with Crippen molar-refractivity contribution < 1.29 is 23.5 Å². The summed E-state index contributed by atoms with van der Waals surface area (Å²) >= 11 is 1.21. The van der Waals surface area contributed by atoms with Gasteiger partial charge in [0.05, 0.1) is 25.9 Å². The number of thioether (sulfide) groups is 1. The van der Waals surface area contributed by atoms with E-state index in [2.05, 4.69) is 10.2 Å². The molecule has 0 aliphatic carbocycles. The molecule has 1 fully saturated rings. The molecule has 1 saturated heterocycles. The molecule has 1 aromatic heterocycles. The summed E-state index contributed by atoms with van der Waals surface area (Å²) in [7, 11) is 2.99. The minimum Gasteiger partial charge on any atom is -0.497 e. The van der Waals surface area contributed by atoms with Crippen LogP contribution in [0.2, 0.25) is 0 Å². The fraction of sp³-hybridized carbons (Fsp3) is 0.444. The standard InChI is InChI=1S/C18H21N3O5S/c1-24-14-5-3-12(4-6-14)16-19-20-18(26-16)27-11-15(22)21-9-7-13(8-10-21)17(23)25-2/h3-6,13H,7-11H2,1-2H3. The van der Waals surface area contributed by atoms with E-state index in [9.17, 15) is 9.59 Å². The third-order valence-corrected chi connectivity index (χ3v) is 5.25. The van der Waals surface area contributed by atoms with Crippen molar-refractivity contribution in [1.29, 1.82) is 0 Å². The Morgan fingerprint density at radius 1 is 1.19 bits per heavy atom. The summed E-state index contributed by atoms with van der Waals surface area (Å²) in [6, 6.07) is 7.29. The topological polar surface area (TPSA) is 94.8 Å². The molecule has 0 N–H and O–H groups in total. The average Bonchev–Trinajstić information content (AvgIpc) is 3.20. The van der Waals surface area contributed by atoms with Gasteiger partial charge in [0.2, 0.25) is 11.8 Å². The second-order valence-corrected chi connectivity index (χ2v) is 7.00. The number of nitrogens with zero attached hydrogens (tertiary/aromatic N) is 3. The van der Waals surface area contributed by atoms with Gasteiger partial charge >= 0.3 is 5.97 Å². The Morgan fingerprint density at radius 2 is 1.89 bits per heavy atom. The SMILES string of the molecule is COC(=O)C1CCN(C(=O)CSc2nnc(-c3ccc(OC)cc3)o2)CC1. The van der Waals surface area contributed by atoms with E-state index in [0.29, 0.717) is 37.0 Å². The van der Waals surface area contributed by atoms with Gasteiger partial charge in [0.15, 0.2) is 0 Å². The van der Waals surface area contributed by atoms with E-state index >= 15 is 0 Å². The first-order chi connectivity index (χ1) is 13.1. The minimum atomic E-state index is -0.201. The van der Waals surface area contributed by atoms with Gasteiger partial charge < -0.3 is 18.8 Å². The lowest BCUT2D eigenvalue weighted by atomic mass is 9.97. The molecule has 3 rings (SSSR count). The third-order valence-electron chi connectivity index (χ3n) is 4.44. The Balaban J connectivity index is 1.49.